The van der Waals surface area contributed by atoms with Crippen molar-refractivity contribution in [3.63, 3.8) is 0 Å². The van der Waals surface area contributed by atoms with Crippen LogP contribution in [0.25, 0.3) is 10.2 Å². The Bertz CT molecular complexity index is 941. The molecule has 2 aromatic rings. The molecule has 1 aliphatic rings. The fraction of sp³-hybridized carbons (Fsp3) is 0.579. The van der Waals surface area contributed by atoms with E-state index in [-0.39, 0.29) is 11.7 Å². The molecule has 1 unspecified atom stereocenters. The van der Waals surface area contributed by atoms with Gasteiger partial charge in [0.25, 0.3) is 5.56 Å². The van der Waals surface area contributed by atoms with Crippen LogP contribution in [-0.4, -0.2) is 27.5 Å². The van der Waals surface area contributed by atoms with Crippen molar-refractivity contribution in [2.24, 2.45) is 5.73 Å². The zero-order chi connectivity index (χ0) is 19.7. The van der Waals surface area contributed by atoms with E-state index in [4.69, 9.17) is 10.5 Å². The second-order valence-corrected chi connectivity index (χ2v) is 8.06. The summed E-state index contributed by atoms with van der Waals surface area (Å²) in [6, 6.07) is -0.758. The summed E-state index contributed by atoms with van der Waals surface area (Å²) in [5.74, 6) is -0.562. The Morgan fingerprint density at radius 3 is 2.56 bits per heavy atom. The van der Waals surface area contributed by atoms with Crippen molar-refractivity contribution >= 4 is 33.4 Å². The number of carbonyl (C=O) groups excluding carboxylic acids is 2. The zero-order valence-corrected chi connectivity index (χ0v) is 16.7. The maximum atomic E-state index is 13.1. The summed E-state index contributed by atoms with van der Waals surface area (Å²) in [6.45, 7) is 5.19. The highest BCUT2D eigenvalue weighted by molar-refractivity contribution is 7.20. The van der Waals surface area contributed by atoms with Crippen LogP contribution in [0.3, 0.4) is 0 Å². The van der Waals surface area contributed by atoms with Gasteiger partial charge in [-0.1, -0.05) is 13.3 Å². The molecule has 0 aromatic carbocycles. The highest BCUT2D eigenvalue weighted by Gasteiger charge is 2.27. The number of esters is 1. The molecule has 1 aliphatic carbocycles. The van der Waals surface area contributed by atoms with E-state index in [1.807, 2.05) is 0 Å². The third-order valence-electron chi connectivity index (χ3n) is 5.21. The van der Waals surface area contributed by atoms with Crippen LogP contribution in [0.4, 0.5) is 0 Å². The van der Waals surface area contributed by atoms with Gasteiger partial charge in [-0.25, -0.2) is 9.78 Å². The summed E-state index contributed by atoms with van der Waals surface area (Å²) in [4.78, 5) is 42.8. The summed E-state index contributed by atoms with van der Waals surface area (Å²) in [6.07, 6.45) is 5.43. The molecule has 0 saturated heterocycles. The van der Waals surface area contributed by atoms with E-state index in [1.165, 1.54) is 22.3 Å². The zero-order valence-electron chi connectivity index (χ0n) is 15.9. The van der Waals surface area contributed by atoms with Gasteiger partial charge in [-0.05, 0) is 51.5 Å². The van der Waals surface area contributed by atoms with Crippen LogP contribution in [0, 0.1) is 13.8 Å². The van der Waals surface area contributed by atoms with Gasteiger partial charge in [0, 0.05) is 0 Å². The summed E-state index contributed by atoms with van der Waals surface area (Å²) < 4.78 is 6.99. The average molecular weight is 391 g/mol. The van der Waals surface area contributed by atoms with Gasteiger partial charge in [-0.2, -0.15) is 0 Å². The molecule has 1 saturated carbocycles. The molecule has 7 nitrogen and oxygen atoms in total. The molecule has 3 rings (SSSR count). The van der Waals surface area contributed by atoms with Gasteiger partial charge in [0.15, 0.2) is 0 Å². The third-order valence-corrected chi connectivity index (χ3v) is 6.38. The molecule has 1 fully saturated rings. The number of nitrogens with zero attached hydrogens (tertiary/aromatic N) is 2. The Kier molecular flexibility index (Phi) is 5.64. The van der Waals surface area contributed by atoms with Crippen molar-refractivity contribution in [3.8, 4) is 0 Å². The van der Waals surface area contributed by atoms with E-state index in [9.17, 15) is 14.4 Å². The number of hydrogen-bond acceptors (Lipinski definition) is 6. The first kappa shape index (κ1) is 19.5. The molecule has 1 amide bonds. The SMILES string of the molecule is CCC(C(N)=O)n1c(C)nc2sc(C(=O)OC3CCCCC3)c(C)c2c1=O. The molecule has 2 aromatic heterocycles. The number of ether oxygens (including phenoxy) is 1. The molecule has 27 heavy (non-hydrogen) atoms. The van der Waals surface area contributed by atoms with Crippen LogP contribution < -0.4 is 11.3 Å². The van der Waals surface area contributed by atoms with Crippen molar-refractivity contribution in [3.05, 3.63) is 26.6 Å². The second kappa shape index (κ2) is 7.80. The predicted octanol–water partition coefficient (Wildman–Crippen LogP) is 3.00. The van der Waals surface area contributed by atoms with Crippen molar-refractivity contribution in [1.82, 2.24) is 9.55 Å². The summed E-state index contributed by atoms with van der Waals surface area (Å²) >= 11 is 1.17. The van der Waals surface area contributed by atoms with E-state index in [0.717, 1.165) is 25.7 Å². The molecule has 0 radical (unpaired) electrons. The van der Waals surface area contributed by atoms with E-state index < -0.39 is 17.9 Å². The van der Waals surface area contributed by atoms with Crippen molar-refractivity contribution in [2.75, 3.05) is 0 Å². The van der Waals surface area contributed by atoms with Gasteiger partial charge >= 0.3 is 5.97 Å². The normalized spacial score (nSPS) is 16.4. The quantitative estimate of drug-likeness (QED) is 0.789. The summed E-state index contributed by atoms with van der Waals surface area (Å²) in [5, 5.41) is 0.362. The molecule has 2 N–H and O–H groups in total. The monoisotopic (exact) mass is 391 g/mol. The van der Waals surface area contributed by atoms with Crippen molar-refractivity contribution in [2.45, 2.75) is 71.4 Å². The van der Waals surface area contributed by atoms with Gasteiger partial charge in [-0.3, -0.25) is 14.2 Å². The van der Waals surface area contributed by atoms with Gasteiger partial charge in [-0.15, -0.1) is 11.3 Å². The maximum absolute atomic E-state index is 13.1. The first-order valence-corrected chi connectivity index (χ1v) is 10.2. The molecule has 1 atom stereocenters. The largest absolute Gasteiger partial charge is 0.458 e. The lowest BCUT2D eigenvalue weighted by atomic mass is 9.98. The number of thiophene rings is 1. The minimum atomic E-state index is -0.758. The van der Waals surface area contributed by atoms with Crippen molar-refractivity contribution in [1.29, 1.82) is 0 Å². The van der Waals surface area contributed by atoms with E-state index in [2.05, 4.69) is 4.98 Å². The summed E-state index contributed by atoms with van der Waals surface area (Å²) in [7, 11) is 0. The van der Waals surface area contributed by atoms with Gasteiger partial charge in [0.2, 0.25) is 5.91 Å². The smallest absolute Gasteiger partial charge is 0.348 e. The first-order valence-electron chi connectivity index (χ1n) is 9.37. The number of fused-ring (bicyclic) bond motifs is 1. The number of primary amides is 1. The number of rotatable bonds is 5. The third kappa shape index (κ3) is 3.63. The maximum Gasteiger partial charge on any atom is 0.348 e. The molecule has 8 heteroatoms. The Morgan fingerprint density at radius 1 is 1.30 bits per heavy atom. The standard InChI is InChI=1S/C19H25N3O4S/c1-4-13(16(20)23)22-11(3)21-17-14(18(22)24)10(2)15(27-17)19(25)26-12-8-6-5-7-9-12/h12-13H,4-9H2,1-3H3,(H2,20,23). The Balaban J connectivity index is 2.04. The van der Waals surface area contributed by atoms with Crippen LogP contribution in [0.1, 0.15) is 72.6 Å². The molecule has 2 heterocycles. The molecular weight excluding hydrogens is 366 g/mol. The van der Waals surface area contributed by atoms with Gasteiger partial charge in [0.1, 0.15) is 27.7 Å². The second-order valence-electron chi connectivity index (χ2n) is 7.06. The van der Waals surface area contributed by atoms with E-state index in [1.54, 1.807) is 20.8 Å². The summed E-state index contributed by atoms with van der Waals surface area (Å²) in [5.41, 5.74) is 5.68. The predicted molar refractivity (Wildman–Crippen MR) is 104 cm³/mol. The van der Waals surface area contributed by atoms with Gasteiger partial charge < -0.3 is 10.5 Å². The fourth-order valence-corrected chi connectivity index (χ4v) is 4.86. The number of carbonyl (C=O) groups is 2. The lowest BCUT2D eigenvalue weighted by Crippen LogP contribution is -2.35. The molecule has 0 bridgehead atoms. The molecule has 0 aliphatic heterocycles. The lowest BCUT2D eigenvalue weighted by Gasteiger charge is -2.21. The van der Waals surface area contributed by atoms with Crippen LogP contribution in [0.15, 0.2) is 4.79 Å². The lowest BCUT2D eigenvalue weighted by molar-refractivity contribution is -0.121. The van der Waals surface area contributed by atoms with Crippen LogP contribution in [-0.2, 0) is 9.53 Å². The minimum Gasteiger partial charge on any atom is -0.458 e. The number of amides is 1. The van der Waals surface area contributed by atoms with Crippen LogP contribution in [0.5, 0.6) is 0 Å². The molecular formula is C19H25N3O4S. The average Bonchev–Trinajstić information content (AvgIpc) is 2.95. The number of hydrogen-bond donors (Lipinski definition) is 1. The topological polar surface area (TPSA) is 104 Å². The highest BCUT2D eigenvalue weighted by Crippen LogP contribution is 2.30. The Morgan fingerprint density at radius 2 is 1.96 bits per heavy atom. The molecule has 0 spiro atoms. The fourth-order valence-electron chi connectivity index (χ4n) is 3.76. The number of aromatic nitrogens is 2. The van der Waals surface area contributed by atoms with Crippen LogP contribution >= 0.6 is 11.3 Å². The first-order chi connectivity index (χ1) is 12.8. The van der Waals surface area contributed by atoms with Crippen LogP contribution in [0.2, 0.25) is 0 Å². The van der Waals surface area contributed by atoms with E-state index in [0.29, 0.717) is 32.9 Å². The van der Waals surface area contributed by atoms with Crippen molar-refractivity contribution < 1.29 is 14.3 Å². The minimum absolute atomic E-state index is 0.0541. The number of nitrogens with two attached hydrogens (primary N) is 1. The molecule has 146 valence electrons. The number of aryl methyl sites for hydroxylation is 2. The Labute approximate surface area is 161 Å². The van der Waals surface area contributed by atoms with E-state index >= 15 is 0 Å². The highest BCUT2D eigenvalue weighted by atomic mass is 32.1. The Hall–Kier alpha value is -2.22. The van der Waals surface area contributed by atoms with Gasteiger partial charge in [0.05, 0.1) is 5.39 Å².